The highest BCUT2D eigenvalue weighted by molar-refractivity contribution is 9.10. The van der Waals surface area contributed by atoms with E-state index < -0.39 is 30.5 Å². The summed E-state index contributed by atoms with van der Waals surface area (Å²) in [5, 5.41) is 1.46. The molecule has 0 saturated carbocycles. The molecule has 0 aromatic carbocycles. The Bertz CT molecular complexity index is 421. The first-order valence-corrected chi connectivity index (χ1v) is 6.08. The summed E-state index contributed by atoms with van der Waals surface area (Å²) >= 11 is 3.85. The van der Waals surface area contributed by atoms with Gasteiger partial charge in [0, 0.05) is 15.8 Å². The van der Waals surface area contributed by atoms with Crippen LogP contribution >= 0.6 is 27.3 Å². The number of carbonyl (C=O) groups excluding carboxylic acids is 1. The molecule has 1 heterocycles. The summed E-state index contributed by atoms with van der Waals surface area (Å²) in [7, 11) is 0. The monoisotopic (exact) mass is 354 g/mol. The Morgan fingerprint density at radius 3 is 2.06 bits per heavy atom. The Hall–Kier alpha value is -0.570. The molecule has 0 unspecified atom stereocenters. The quantitative estimate of drug-likeness (QED) is 0.737. The fourth-order valence-corrected chi connectivity index (χ4v) is 2.76. The van der Waals surface area contributed by atoms with Crippen molar-refractivity contribution in [3.05, 3.63) is 20.8 Å². The number of halogens is 7. The lowest BCUT2D eigenvalue weighted by molar-refractivity contribution is -0.273. The molecule has 0 atom stereocenters. The van der Waals surface area contributed by atoms with Crippen molar-refractivity contribution < 1.29 is 31.1 Å². The van der Waals surface area contributed by atoms with E-state index in [1.165, 1.54) is 11.4 Å². The molecule has 0 saturated heterocycles. The van der Waals surface area contributed by atoms with Gasteiger partial charge in [0.2, 0.25) is 5.92 Å². The molecule has 1 nitrogen and oxygen atoms in total. The predicted octanol–water partition coefficient (Wildman–Crippen LogP) is 4.36. The van der Waals surface area contributed by atoms with E-state index in [1.54, 1.807) is 0 Å². The molecule has 0 aliphatic rings. The number of rotatable bonds is 3. The van der Waals surface area contributed by atoms with Crippen molar-refractivity contribution in [2.24, 2.45) is 5.92 Å². The lowest BCUT2D eigenvalue weighted by Crippen LogP contribution is -2.43. The second-order valence-electron chi connectivity index (χ2n) is 3.35. The third kappa shape index (κ3) is 3.71. The molecule has 18 heavy (non-hydrogen) atoms. The highest BCUT2D eigenvalue weighted by Crippen LogP contribution is 2.40. The molecule has 1 rings (SSSR count). The maximum absolute atomic E-state index is 12.2. The molecule has 0 bridgehead atoms. The van der Waals surface area contributed by atoms with Crippen LogP contribution in [-0.4, -0.2) is 18.1 Å². The molecule has 102 valence electrons. The molecule has 0 amide bonds. The van der Waals surface area contributed by atoms with Crippen LogP contribution in [0.1, 0.15) is 4.88 Å². The Morgan fingerprint density at radius 2 is 1.72 bits per heavy atom. The maximum atomic E-state index is 12.2. The molecule has 9 heteroatoms. The van der Waals surface area contributed by atoms with Crippen molar-refractivity contribution in [2.75, 3.05) is 0 Å². The zero-order chi connectivity index (χ0) is 14.1. The zero-order valence-electron chi connectivity index (χ0n) is 8.40. The van der Waals surface area contributed by atoms with Gasteiger partial charge in [-0.15, -0.1) is 11.3 Å². The Morgan fingerprint density at radius 1 is 1.22 bits per heavy atom. The van der Waals surface area contributed by atoms with E-state index >= 15 is 0 Å². The van der Waals surface area contributed by atoms with Crippen LogP contribution in [0.25, 0.3) is 0 Å². The van der Waals surface area contributed by atoms with Crippen LogP contribution in [0.3, 0.4) is 0 Å². The number of ketones is 1. The van der Waals surface area contributed by atoms with Gasteiger partial charge in [-0.1, -0.05) is 0 Å². The van der Waals surface area contributed by atoms with E-state index in [-0.39, 0.29) is 4.88 Å². The van der Waals surface area contributed by atoms with Crippen molar-refractivity contribution in [1.82, 2.24) is 0 Å². The Kier molecular flexibility index (Phi) is 4.47. The molecular formula is C9H5BrF6OS. The first-order chi connectivity index (χ1) is 8.03. The summed E-state index contributed by atoms with van der Waals surface area (Å²) in [5.41, 5.74) is 0. The van der Waals surface area contributed by atoms with E-state index in [4.69, 9.17) is 0 Å². The van der Waals surface area contributed by atoms with Gasteiger partial charge in [0.1, 0.15) is 0 Å². The fraction of sp³-hybridized carbons (Fsp3) is 0.444. The summed E-state index contributed by atoms with van der Waals surface area (Å²) in [4.78, 5) is 11.3. The fourth-order valence-electron chi connectivity index (χ4n) is 1.26. The van der Waals surface area contributed by atoms with Gasteiger partial charge in [0.05, 0.1) is 0 Å². The Balaban J connectivity index is 2.95. The van der Waals surface area contributed by atoms with Gasteiger partial charge >= 0.3 is 12.4 Å². The lowest BCUT2D eigenvalue weighted by atomic mass is 10.00. The van der Waals surface area contributed by atoms with Crippen molar-refractivity contribution in [2.45, 2.75) is 18.8 Å². The van der Waals surface area contributed by atoms with Crippen LogP contribution in [-0.2, 0) is 11.2 Å². The predicted molar refractivity (Wildman–Crippen MR) is 56.3 cm³/mol. The van der Waals surface area contributed by atoms with Gasteiger partial charge < -0.3 is 0 Å². The van der Waals surface area contributed by atoms with Crippen LogP contribution in [0.15, 0.2) is 15.9 Å². The van der Waals surface area contributed by atoms with Crippen molar-refractivity contribution in [1.29, 1.82) is 0 Å². The molecule has 0 N–H and O–H groups in total. The van der Waals surface area contributed by atoms with Gasteiger partial charge in [-0.3, -0.25) is 4.79 Å². The van der Waals surface area contributed by atoms with Crippen molar-refractivity contribution in [3.8, 4) is 0 Å². The summed E-state index contributed by atoms with van der Waals surface area (Å²) in [6.45, 7) is 0. The number of Topliss-reactive ketones (excluding diaryl/α,β-unsaturated/α-hetero) is 1. The summed E-state index contributed by atoms with van der Waals surface area (Å²) in [6, 6.07) is 1.45. The Labute approximate surface area is 110 Å². The number of hydrogen-bond donors (Lipinski definition) is 0. The number of thiophene rings is 1. The lowest BCUT2D eigenvalue weighted by Gasteiger charge is -2.21. The van der Waals surface area contributed by atoms with Crippen molar-refractivity contribution >= 4 is 33.0 Å². The maximum Gasteiger partial charge on any atom is 0.407 e. The molecule has 0 aliphatic heterocycles. The average molecular weight is 355 g/mol. The van der Waals surface area contributed by atoms with E-state index in [0.29, 0.717) is 4.47 Å². The van der Waals surface area contributed by atoms with Crippen LogP contribution in [0.4, 0.5) is 26.3 Å². The van der Waals surface area contributed by atoms with E-state index in [0.717, 1.165) is 11.3 Å². The standard InChI is InChI=1S/C9H5BrF6OS/c10-4-1-2-18-6(4)3-5(17)7(8(11,12)13)9(14,15)16/h1-2,7H,3H2. The van der Waals surface area contributed by atoms with E-state index in [2.05, 4.69) is 15.9 Å². The van der Waals surface area contributed by atoms with Gasteiger partial charge in [0.25, 0.3) is 0 Å². The van der Waals surface area contributed by atoms with Gasteiger partial charge in [-0.25, -0.2) is 0 Å². The molecule has 1 aromatic heterocycles. The summed E-state index contributed by atoms with van der Waals surface area (Å²) in [6.07, 6.45) is -12.2. The second-order valence-corrected chi connectivity index (χ2v) is 5.21. The molecule has 0 radical (unpaired) electrons. The summed E-state index contributed by atoms with van der Waals surface area (Å²) in [5.74, 6) is -5.84. The third-order valence-electron chi connectivity index (χ3n) is 2.00. The highest BCUT2D eigenvalue weighted by atomic mass is 79.9. The first-order valence-electron chi connectivity index (χ1n) is 4.41. The molecular weight excluding hydrogens is 350 g/mol. The smallest absolute Gasteiger partial charge is 0.298 e. The number of alkyl halides is 6. The first kappa shape index (κ1) is 15.5. The van der Waals surface area contributed by atoms with Crippen LogP contribution in [0.2, 0.25) is 0 Å². The minimum atomic E-state index is -5.63. The van der Waals surface area contributed by atoms with Crippen LogP contribution in [0.5, 0.6) is 0 Å². The highest BCUT2D eigenvalue weighted by Gasteiger charge is 2.60. The van der Waals surface area contributed by atoms with Crippen LogP contribution in [0, 0.1) is 5.92 Å². The molecule has 0 spiro atoms. The van der Waals surface area contributed by atoms with Gasteiger partial charge in [-0.2, -0.15) is 26.3 Å². The minimum Gasteiger partial charge on any atom is -0.298 e. The zero-order valence-corrected chi connectivity index (χ0v) is 10.8. The molecule has 0 fully saturated rings. The van der Waals surface area contributed by atoms with E-state index in [1.807, 2.05) is 0 Å². The van der Waals surface area contributed by atoms with E-state index in [9.17, 15) is 31.1 Å². The minimum absolute atomic E-state index is 0.137. The average Bonchev–Trinajstić information content (AvgIpc) is 2.45. The van der Waals surface area contributed by atoms with Gasteiger partial charge in [-0.05, 0) is 27.4 Å². The van der Waals surface area contributed by atoms with Crippen molar-refractivity contribution in [3.63, 3.8) is 0 Å². The number of carbonyl (C=O) groups is 1. The van der Waals surface area contributed by atoms with Gasteiger partial charge in [0.15, 0.2) is 5.78 Å². The van der Waals surface area contributed by atoms with Crippen LogP contribution < -0.4 is 0 Å². The molecule has 1 aromatic rings. The molecule has 0 aliphatic carbocycles. The second kappa shape index (κ2) is 5.20. The largest absolute Gasteiger partial charge is 0.407 e. The number of hydrogen-bond acceptors (Lipinski definition) is 2. The topological polar surface area (TPSA) is 17.1 Å². The summed E-state index contributed by atoms with van der Waals surface area (Å²) < 4.78 is 73.8. The third-order valence-corrected chi connectivity index (χ3v) is 3.93. The SMILES string of the molecule is O=C(Cc1sccc1Br)C(C(F)(F)F)C(F)(F)F. The normalized spacial score (nSPS) is 13.1.